The van der Waals surface area contributed by atoms with E-state index < -0.39 is 0 Å². The van der Waals surface area contributed by atoms with E-state index in [9.17, 15) is 4.79 Å². The van der Waals surface area contributed by atoms with Gasteiger partial charge in [0.2, 0.25) is 5.91 Å². The van der Waals surface area contributed by atoms with E-state index in [0.717, 1.165) is 16.8 Å². The van der Waals surface area contributed by atoms with E-state index in [4.69, 9.17) is 21.1 Å². The number of carbonyl (C=O) groups excluding carboxylic acids is 1. The van der Waals surface area contributed by atoms with Gasteiger partial charge < -0.3 is 14.8 Å². The number of halogens is 1. The molecule has 0 saturated heterocycles. The molecule has 1 aromatic heterocycles. The van der Waals surface area contributed by atoms with Gasteiger partial charge in [-0.2, -0.15) is 5.10 Å². The van der Waals surface area contributed by atoms with E-state index in [1.807, 2.05) is 43.3 Å². The minimum Gasteiger partial charge on any atom is -0.486 e. The number of ether oxygens (including phenoxy) is 2. The van der Waals surface area contributed by atoms with Crippen LogP contribution in [0, 0.1) is 6.92 Å². The lowest BCUT2D eigenvalue weighted by molar-refractivity contribution is -0.115. The summed E-state index contributed by atoms with van der Waals surface area (Å²) in [7, 11) is 0. The van der Waals surface area contributed by atoms with Crippen LogP contribution in [0.1, 0.15) is 16.8 Å². The van der Waals surface area contributed by atoms with E-state index in [-0.39, 0.29) is 12.3 Å². The first-order chi connectivity index (χ1) is 13.6. The molecular formula is C21H20ClN3O3. The second-order valence-corrected chi connectivity index (χ2v) is 7.05. The van der Waals surface area contributed by atoms with Crippen molar-refractivity contribution in [3.63, 3.8) is 0 Å². The number of nitrogens with one attached hydrogen (secondary N) is 1. The second-order valence-electron chi connectivity index (χ2n) is 6.64. The molecule has 7 heteroatoms. The van der Waals surface area contributed by atoms with Gasteiger partial charge in [0, 0.05) is 6.07 Å². The lowest BCUT2D eigenvalue weighted by Gasteiger charge is -2.20. The van der Waals surface area contributed by atoms with Crippen LogP contribution in [0.25, 0.3) is 0 Å². The van der Waals surface area contributed by atoms with Gasteiger partial charge in [-0.1, -0.05) is 41.9 Å². The molecule has 144 valence electrons. The Labute approximate surface area is 168 Å². The number of aryl methyl sites for hydroxylation is 1. The summed E-state index contributed by atoms with van der Waals surface area (Å²) in [5.41, 5.74) is 2.71. The molecule has 4 rings (SSSR count). The summed E-state index contributed by atoms with van der Waals surface area (Å²) in [5, 5.41) is 7.88. The Morgan fingerprint density at radius 2 is 1.93 bits per heavy atom. The van der Waals surface area contributed by atoms with Crippen molar-refractivity contribution in [3.05, 3.63) is 70.4 Å². The molecular weight excluding hydrogens is 378 g/mol. The molecule has 0 aliphatic carbocycles. The quantitative estimate of drug-likeness (QED) is 0.710. The van der Waals surface area contributed by atoms with Crippen LogP contribution in [0.15, 0.2) is 48.5 Å². The summed E-state index contributed by atoms with van der Waals surface area (Å²) in [4.78, 5) is 12.6. The average Bonchev–Trinajstić information content (AvgIpc) is 3.01. The SMILES string of the molecule is Cc1cc(NC(=O)Cc2cc(Cl)c3c(c2)OCCO3)n(Cc2ccccc2)n1. The highest BCUT2D eigenvalue weighted by Crippen LogP contribution is 2.38. The van der Waals surface area contributed by atoms with Gasteiger partial charge in [0.25, 0.3) is 0 Å². The number of fused-ring (bicyclic) bond motifs is 1. The van der Waals surface area contributed by atoms with Crippen molar-refractivity contribution in [1.29, 1.82) is 0 Å². The molecule has 1 aliphatic heterocycles. The number of carbonyl (C=O) groups is 1. The highest BCUT2D eigenvalue weighted by atomic mass is 35.5. The van der Waals surface area contributed by atoms with Gasteiger partial charge in [0.15, 0.2) is 11.5 Å². The molecule has 0 radical (unpaired) electrons. The maximum atomic E-state index is 12.6. The molecule has 0 spiro atoms. The minimum absolute atomic E-state index is 0.151. The highest BCUT2D eigenvalue weighted by molar-refractivity contribution is 6.32. The Morgan fingerprint density at radius 1 is 1.14 bits per heavy atom. The first-order valence-electron chi connectivity index (χ1n) is 9.05. The predicted octanol–water partition coefficient (Wildman–Crippen LogP) is 3.85. The lowest BCUT2D eigenvalue weighted by atomic mass is 10.1. The van der Waals surface area contributed by atoms with Crippen LogP contribution >= 0.6 is 11.6 Å². The average molecular weight is 398 g/mol. The molecule has 3 aromatic rings. The van der Waals surface area contributed by atoms with Crippen molar-refractivity contribution in [3.8, 4) is 11.5 Å². The molecule has 0 bridgehead atoms. The second kappa shape index (κ2) is 7.94. The van der Waals surface area contributed by atoms with Crippen LogP contribution in [0.4, 0.5) is 5.82 Å². The maximum Gasteiger partial charge on any atom is 0.229 e. The summed E-state index contributed by atoms with van der Waals surface area (Å²) in [6, 6.07) is 15.4. The molecule has 6 nitrogen and oxygen atoms in total. The Balaban J connectivity index is 1.48. The van der Waals surface area contributed by atoms with Crippen molar-refractivity contribution >= 4 is 23.3 Å². The fraction of sp³-hybridized carbons (Fsp3) is 0.238. The molecule has 0 fully saturated rings. The Morgan fingerprint density at radius 3 is 2.75 bits per heavy atom. The number of rotatable bonds is 5. The predicted molar refractivity (Wildman–Crippen MR) is 107 cm³/mol. The Bertz CT molecular complexity index is 1000. The molecule has 1 aliphatic rings. The monoisotopic (exact) mass is 397 g/mol. The summed E-state index contributed by atoms with van der Waals surface area (Å²) >= 11 is 6.26. The smallest absolute Gasteiger partial charge is 0.229 e. The molecule has 1 N–H and O–H groups in total. The summed E-state index contributed by atoms with van der Waals surface area (Å²) in [6.45, 7) is 3.42. The number of nitrogens with zero attached hydrogens (tertiary/aromatic N) is 2. The number of hydrogen-bond donors (Lipinski definition) is 1. The third kappa shape index (κ3) is 4.12. The fourth-order valence-electron chi connectivity index (χ4n) is 3.16. The van der Waals surface area contributed by atoms with Crippen LogP contribution < -0.4 is 14.8 Å². The third-order valence-electron chi connectivity index (χ3n) is 4.37. The standard InChI is InChI=1S/C21H20ClN3O3/c1-14-9-19(25(24-14)13-15-5-3-2-4-6-15)23-20(26)12-16-10-17(22)21-18(11-16)27-7-8-28-21/h2-6,9-11H,7-8,12-13H2,1H3,(H,23,26). The van der Waals surface area contributed by atoms with E-state index in [0.29, 0.717) is 42.1 Å². The van der Waals surface area contributed by atoms with Gasteiger partial charge in [0.05, 0.1) is 23.7 Å². The van der Waals surface area contributed by atoms with Crippen LogP contribution in [-0.4, -0.2) is 28.9 Å². The zero-order valence-electron chi connectivity index (χ0n) is 15.4. The van der Waals surface area contributed by atoms with Crippen LogP contribution in [0.5, 0.6) is 11.5 Å². The number of benzene rings is 2. The molecule has 1 amide bonds. The van der Waals surface area contributed by atoms with Gasteiger partial charge in [-0.15, -0.1) is 0 Å². The Hall–Kier alpha value is -2.99. The topological polar surface area (TPSA) is 65.4 Å². The maximum absolute atomic E-state index is 12.6. The first-order valence-corrected chi connectivity index (χ1v) is 9.42. The number of amides is 1. The first kappa shape index (κ1) is 18.4. The zero-order chi connectivity index (χ0) is 19.5. The van der Waals surface area contributed by atoms with Crippen LogP contribution in [-0.2, 0) is 17.8 Å². The zero-order valence-corrected chi connectivity index (χ0v) is 16.2. The minimum atomic E-state index is -0.151. The Kier molecular flexibility index (Phi) is 5.21. The molecule has 2 heterocycles. The van der Waals surface area contributed by atoms with Gasteiger partial charge in [-0.25, -0.2) is 4.68 Å². The van der Waals surface area contributed by atoms with E-state index in [2.05, 4.69) is 10.4 Å². The highest BCUT2D eigenvalue weighted by Gasteiger charge is 2.18. The number of hydrogen-bond acceptors (Lipinski definition) is 4. The number of aromatic nitrogens is 2. The fourth-order valence-corrected chi connectivity index (χ4v) is 3.45. The van der Waals surface area contributed by atoms with E-state index >= 15 is 0 Å². The van der Waals surface area contributed by atoms with Gasteiger partial charge >= 0.3 is 0 Å². The van der Waals surface area contributed by atoms with Gasteiger partial charge in [0.1, 0.15) is 19.0 Å². The summed E-state index contributed by atoms with van der Waals surface area (Å²) < 4.78 is 12.9. The normalized spacial score (nSPS) is 12.6. The van der Waals surface area contributed by atoms with E-state index in [1.165, 1.54) is 0 Å². The van der Waals surface area contributed by atoms with Gasteiger partial charge in [-0.05, 0) is 30.2 Å². The van der Waals surface area contributed by atoms with Crippen LogP contribution in [0.3, 0.4) is 0 Å². The molecule has 0 unspecified atom stereocenters. The van der Waals surface area contributed by atoms with Crippen molar-refractivity contribution in [2.75, 3.05) is 18.5 Å². The van der Waals surface area contributed by atoms with Crippen molar-refractivity contribution in [2.45, 2.75) is 19.9 Å². The molecule has 0 saturated carbocycles. The molecule has 28 heavy (non-hydrogen) atoms. The third-order valence-corrected chi connectivity index (χ3v) is 4.65. The van der Waals surface area contributed by atoms with Crippen LogP contribution in [0.2, 0.25) is 5.02 Å². The molecule has 0 atom stereocenters. The van der Waals surface area contributed by atoms with Gasteiger partial charge in [-0.3, -0.25) is 4.79 Å². The lowest BCUT2D eigenvalue weighted by Crippen LogP contribution is -2.19. The summed E-state index contributed by atoms with van der Waals surface area (Å²) in [5.74, 6) is 1.62. The molecule has 2 aromatic carbocycles. The van der Waals surface area contributed by atoms with Crippen molar-refractivity contribution in [2.24, 2.45) is 0 Å². The van der Waals surface area contributed by atoms with Crippen molar-refractivity contribution in [1.82, 2.24) is 9.78 Å². The summed E-state index contributed by atoms with van der Waals surface area (Å²) in [6.07, 6.45) is 0.173. The largest absolute Gasteiger partial charge is 0.486 e. The number of anilines is 1. The van der Waals surface area contributed by atoms with E-state index in [1.54, 1.807) is 16.8 Å². The van der Waals surface area contributed by atoms with Crippen molar-refractivity contribution < 1.29 is 14.3 Å².